The van der Waals surface area contributed by atoms with E-state index in [9.17, 15) is 9.59 Å². The van der Waals surface area contributed by atoms with Gasteiger partial charge in [0.05, 0.1) is 10.7 Å². The van der Waals surface area contributed by atoms with Crippen LogP contribution >= 0.6 is 23.4 Å². The Kier molecular flexibility index (Phi) is 7.33. The number of halogens is 1. The maximum absolute atomic E-state index is 12.9. The van der Waals surface area contributed by atoms with Crippen LogP contribution in [-0.4, -0.2) is 32.8 Å². The van der Waals surface area contributed by atoms with Gasteiger partial charge in [-0.2, -0.15) is 4.98 Å². The lowest BCUT2D eigenvalue weighted by Gasteiger charge is -2.30. The molecular formula is C24H23ClN4O4S. The molecule has 0 N–H and O–H groups in total. The molecular weight excluding hydrogens is 476 g/mol. The van der Waals surface area contributed by atoms with Gasteiger partial charge in [-0.3, -0.25) is 14.5 Å². The van der Waals surface area contributed by atoms with Crippen molar-refractivity contribution in [1.29, 1.82) is 0 Å². The minimum Gasteiger partial charge on any atom is -0.447 e. The molecule has 2 aromatic carbocycles. The second kappa shape index (κ2) is 10.4. The van der Waals surface area contributed by atoms with E-state index in [1.165, 1.54) is 30.5 Å². The Morgan fingerprint density at radius 1 is 1.15 bits per heavy atom. The molecule has 4 rings (SSSR count). The largest absolute Gasteiger partial charge is 0.447 e. The number of carbonyl (C=O) groups excluding carboxylic acids is 2. The van der Waals surface area contributed by atoms with Crippen molar-refractivity contribution in [2.45, 2.75) is 45.0 Å². The normalized spacial score (nSPS) is 14.5. The molecule has 34 heavy (non-hydrogen) atoms. The predicted molar refractivity (Wildman–Crippen MR) is 130 cm³/mol. The topological polar surface area (TPSA) is 94.5 Å². The zero-order chi connectivity index (χ0) is 24.2. The van der Waals surface area contributed by atoms with Crippen LogP contribution in [0.4, 0.5) is 5.69 Å². The van der Waals surface area contributed by atoms with Crippen molar-refractivity contribution in [2.24, 2.45) is 0 Å². The molecule has 0 bridgehead atoms. The molecule has 0 fully saturated rings. The summed E-state index contributed by atoms with van der Waals surface area (Å²) in [6, 6.07) is 12.3. The number of thioether (sulfide) groups is 1. The number of para-hydroxylation sites is 1. The third-order valence-electron chi connectivity index (χ3n) is 5.09. The predicted octanol–water partition coefficient (Wildman–Crippen LogP) is 5.45. The van der Waals surface area contributed by atoms with Crippen LogP contribution in [0.1, 0.15) is 45.4 Å². The highest BCUT2D eigenvalue weighted by Gasteiger charge is 2.36. The highest BCUT2D eigenvalue weighted by Crippen LogP contribution is 2.45. The van der Waals surface area contributed by atoms with Gasteiger partial charge in [-0.1, -0.05) is 67.0 Å². The van der Waals surface area contributed by atoms with Gasteiger partial charge in [-0.25, -0.2) is 0 Å². The molecule has 1 amide bonds. The molecule has 8 nitrogen and oxygen atoms in total. The van der Waals surface area contributed by atoms with Crippen molar-refractivity contribution in [1.82, 2.24) is 15.2 Å². The lowest BCUT2D eigenvalue weighted by molar-refractivity contribution is -0.131. The highest BCUT2D eigenvalue weighted by atomic mass is 35.5. The Balaban J connectivity index is 1.88. The number of anilines is 1. The standard InChI is InChI=1S/C24H23ClN4O4S/c1-4-5-13-34-24-26-22-21(27-28-24)16-9-6-7-11-18(16)29(14(2)30)23(33-22)17-10-8-12-19(20(17)25)32-15(3)31/h6-12,23H,4-5,13H2,1-3H3. The molecule has 1 aliphatic rings. The molecule has 176 valence electrons. The Morgan fingerprint density at radius 2 is 1.94 bits per heavy atom. The summed E-state index contributed by atoms with van der Waals surface area (Å²) in [4.78, 5) is 30.6. The number of hydrogen-bond acceptors (Lipinski definition) is 8. The van der Waals surface area contributed by atoms with Crippen LogP contribution in [0, 0.1) is 0 Å². The quantitative estimate of drug-likeness (QED) is 0.191. The molecule has 2 heterocycles. The van der Waals surface area contributed by atoms with Gasteiger partial charge in [-0.05, 0) is 18.6 Å². The molecule has 0 spiro atoms. The number of amides is 1. The molecule has 1 atom stereocenters. The summed E-state index contributed by atoms with van der Waals surface area (Å²) in [6.07, 6.45) is 1.10. The van der Waals surface area contributed by atoms with Crippen LogP contribution in [0.15, 0.2) is 47.6 Å². The highest BCUT2D eigenvalue weighted by molar-refractivity contribution is 7.99. The van der Waals surface area contributed by atoms with Gasteiger partial charge in [0.1, 0.15) is 5.75 Å². The van der Waals surface area contributed by atoms with Crippen LogP contribution < -0.4 is 14.4 Å². The zero-order valence-electron chi connectivity index (χ0n) is 18.9. The molecule has 1 unspecified atom stereocenters. The number of esters is 1. The van der Waals surface area contributed by atoms with Crippen molar-refractivity contribution in [3.05, 3.63) is 53.1 Å². The SMILES string of the molecule is CCCCSc1nnc2c(n1)OC(c1cccc(OC(C)=O)c1Cl)N(C(C)=O)c1ccccc1-2. The summed E-state index contributed by atoms with van der Waals surface area (Å²) in [6.45, 7) is 4.85. The molecule has 0 saturated carbocycles. The smallest absolute Gasteiger partial charge is 0.308 e. The van der Waals surface area contributed by atoms with Crippen molar-refractivity contribution in [3.8, 4) is 22.9 Å². The Labute approximate surface area is 206 Å². The third kappa shape index (κ3) is 4.85. The molecule has 1 aliphatic heterocycles. The van der Waals surface area contributed by atoms with Crippen LogP contribution in [0.3, 0.4) is 0 Å². The first-order valence-corrected chi connectivity index (χ1v) is 12.2. The average Bonchev–Trinajstić information content (AvgIpc) is 2.94. The number of fused-ring (bicyclic) bond motifs is 3. The number of ether oxygens (including phenoxy) is 2. The number of carbonyl (C=O) groups is 2. The average molecular weight is 499 g/mol. The maximum atomic E-state index is 12.9. The minimum absolute atomic E-state index is 0.162. The van der Waals surface area contributed by atoms with E-state index in [4.69, 9.17) is 21.1 Å². The van der Waals surface area contributed by atoms with Crippen molar-refractivity contribution in [3.63, 3.8) is 0 Å². The molecule has 0 saturated heterocycles. The van der Waals surface area contributed by atoms with Gasteiger partial charge in [-0.15, -0.1) is 10.2 Å². The Hall–Kier alpha value is -3.17. The van der Waals surface area contributed by atoms with Crippen LogP contribution in [0.2, 0.25) is 5.02 Å². The second-order valence-electron chi connectivity index (χ2n) is 7.58. The van der Waals surface area contributed by atoms with Gasteiger partial charge in [0, 0.05) is 30.7 Å². The molecule has 10 heteroatoms. The minimum atomic E-state index is -0.979. The Bertz CT molecular complexity index is 1240. The molecule has 1 aromatic heterocycles. The number of rotatable bonds is 6. The van der Waals surface area contributed by atoms with E-state index in [0.29, 0.717) is 27.7 Å². The van der Waals surface area contributed by atoms with E-state index >= 15 is 0 Å². The summed E-state index contributed by atoms with van der Waals surface area (Å²) >= 11 is 8.13. The zero-order valence-corrected chi connectivity index (χ0v) is 20.5. The molecule has 0 aliphatic carbocycles. The maximum Gasteiger partial charge on any atom is 0.308 e. The van der Waals surface area contributed by atoms with Crippen LogP contribution in [0.5, 0.6) is 11.6 Å². The summed E-state index contributed by atoms with van der Waals surface area (Å²) in [7, 11) is 0. The van der Waals surface area contributed by atoms with Crippen molar-refractivity contribution < 1.29 is 19.1 Å². The summed E-state index contributed by atoms with van der Waals surface area (Å²) in [5.41, 5.74) is 2.11. The lowest BCUT2D eigenvalue weighted by atomic mass is 10.1. The fourth-order valence-corrected chi connectivity index (χ4v) is 4.70. The lowest BCUT2D eigenvalue weighted by Crippen LogP contribution is -2.36. The van der Waals surface area contributed by atoms with E-state index in [0.717, 1.165) is 18.6 Å². The fraction of sp³-hybridized carbons (Fsp3) is 0.292. The molecule has 0 radical (unpaired) electrons. The van der Waals surface area contributed by atoms with Crippen molar-refractivity contribution in [2.75, 3.05) is 10.7 Å². The van der Waals surface area contributed by atoms with Crippen LogP contribution in [0.25, 0.3) is 11.3 Å². The Morgan fingerprint density at radius 3 is 2.68 bits per heavy atom. The van der Waals surface area contributed by atoms with E-state index in [1.807, 2.05) is 18.2 Å². The monoisotopic (exact) mass is 498 g/mol. The third-order valence-corrected chi connectivity index (χ3v) is 6.42. The summed E-state index contributed by atoms with van der Waals surface area (Å²) in [5.74, 6) is 0.486. The van der Waals surface area contributed by atoms with E-state index in [-0.39, 0.29) is 22.6 Å². The van der Waals surface area contributed by atoms with Gasteiger partial charge < -0.3 is 9.47 Å². The number of hydrogen-bond donors (Lipinski definition) is 0. The number of nitrogens with zero attached hydrogens (tertiary/aromatic N) is 4. The summed E-state index contributed by atoms with van der Waals surface area (Å²) in [5, 5.41) is 9.32. The van der Waals surface area contributed by atoms with Crippen molar-refractivity contribution >= 4 is 40.9 Å². The van der Waals surface area contributed by atoms with Gasteiger partial charge in [0.25, 0.3) is 0 Å². The second-order valence-corrected chi connectivity index (χ2v) is 9.02. The number of unbranched alkanes of at least 4 members (excludes halogenated alkanes) is 1. The first-order valence-electron chi connectivity index (χ1n) is 10.8. The first kappa shape index (κ1) is 24.0. The van der Waals surface area contributed by atoms with Crippen LogP contribution in [-0.2, 0) is 9.59 Å². The number of benzene rings is 2. The first-order chi connectivity index (χ1) is 16.4. The van der Waals surface area contributed by atoms with E-state index in [1.54, 1.807) is 24.3 Å². The summed E-state index contributed by atoms with van der Waals surface area (Å²) < 4.78 is 11.6. The fourth-order valence-electron chi connectivity index (χ4n) is 3.58. The van der Waals surface area contributed by atoms with Gasteiger partial charge in [0.15, 0.2) is 5.69 Å². The van der Waals surface area contributed by atoms with E-state index < -0.39 is 12.2 Å². The molecule has 3 aromatic rings. The van der Waals surface area contributed by atoms with Gasteiger partial charge >= 0.3 is 5.97 Å². The van der Waals surface area contributed by atoms with E-state index in [2.05, 4.69) is 22.1 Å². The number of aromatic nitrogens is 3. The van der Waals surface area contributed by atoms with Gasteiger partial charge in [0.2, 0.25) is 23.2 Å².